The zero-order valence-corrected chi connectivity index (χ0v) is 28.2. The molecule has 2 aliphatic carbocycles. The van der Waals surface area contributed by atoms with Gasteiger partial charge in [-0.2, -0.15) is 0 Å². The van der Waals surface area contributed by atoms with E-state index in [0.29, 0.717) is 0 Å². The van der Waals surface area contributed by atoms with E-state index in [9.17, 15) is 70.6 Å². The highest BCUT2D eigenvalue weighted by Crippen LogP contribution is 2.50. The van der Waals surface area contributed by atoms with Crippen molar-refractivity contribution in [1.82, 2.24) is 0 Å². The maximum atomic E-state index is 13.8. The summed E-state index contributed by atoms with van der Waals surface area (Å²) in [5, 5.41) is 115. The van der Waals surface area contributed by atoms with Crippen LogP contribution in [0.3, 0.4) is 0 Å². The van der Waals surface area contributed by atoms with Crippen LogP contribution in [0.15, 0.2) is 24.3 Å². The fraction of sp³-hybridized carbons (Fsp3) is 0.727. The standard InChI is InChI=1S/C33H44O20/c1-11-10-48-32(8-15(11)49-28(44)12-2-4-14(35)5-3-12)31(46)33(47)17(36)6-13(7-18(33)53-32)29(45)51-26-23(41)21(39)22(40)24(42)27(26)52-30-25(43)20(38)19(37)16(9-34)50-30/h2-5,11,13,15-27,30,34-43,47H,6-10H2,1H3/t11-,13-,15+,16-,17+,18-,19-,20+,21-,22-,23-,24+,25-,26-,27-,30+,32+,33-/m1/s1. The Labute approximate surface area is 300 Å². The van der Waals surface area contributed by atoms with Crippen LogP contribution in [0.25, 0.3) is 0 Å². The second-order valence-electron chi connectivity index (χ2n) is 14.3. The lowest BCUT2D eigenvalue weighted by molar-refractivity contribution is -0.340. The molecule has 0 amide bonds. The number of aromatic hydroxyl groups is 1. The van der Waals surface area contributed by atoms with E-state index in [1.54, 1.807) is 6.92 Å². The van der Waals surface area contributed by atoms with Crippen LogP contribution in [0.4, 0.5) is 0 Å². The number of fused-ring (bicyclic) bond motifs is 1. The monoisotopic (exact) mass is 760 g/mol. The molecule has 1 spiro atoms. The molecule has 1 aromatic carbocycles. The van der Waals surface area contributed by atoms with Crippen molar-refractivity contribution in [3.8, 4) is 5.75 Å². The van der Waals surface area contributed by atoms with E-state index < -0.39 is 146 Å². The Bertz CT molecular complexity index is 1510. The molecule has 3 saturated heterocycles. The van der Waals surface area contributed by atoms with Crippen molar-refractivity contribution in [2.45, 2.75) is 123 Å². The van der Waals surface area contributed by atoms with E-state index in [1.807, 2.05) is 0 Å². The normalized spacial score (nSPS) is 47.2. The van der Waals surface area contributed by atoms with Gasteiger partial charge in [-0.05, 0) is 37.1 Å². The van der Waals surface area contributed by atoms with E-state index in [1.165, 1.54) is 24.3 Å². The summed E-state index contributed by atoms with van der Waals surface area (Å²) < 4.78 is 33.7. The second-order valence-corrected chi connectivity index (χ2v) is 14.3. The number of hydrogen-bond donors (Lipinski definition) is 11. The first-order valence-electron chi connectivity index (χ1n) is 17.1. The number of phenolic OH excluding ortho intramolecular Hbond substituents is 1. The number of esters is 2. The van der Waals surface area contributed by atoms with Gasteiger partial charge in [-0.15, -0.1) is 0 Å². The molecule has 53 heavy (non-hydrogen) atoms. The first kappa shape index (κ1) is 39.8. The number of hydrogen-bond acceptors (Lipinski definition) is 20. The van der Waals surface area contributed by atoms with Crippen LogP contribution in [0.5, 0.6) is 5.75 Å². The number of benzene rings is 1. The fourth-order valence-corrected chi connectivity index (χ4v) is 7.56. The van der Waals surface area contributed by atoms with Crippen molar-refractivity contribution in [3.05, 3.63) is 29.8 Å². The lowest BCUT2D eigenvalue weighted by atomic mass is 9.72. The van der Waals surface area contributed by atoms with E-state index in [4.69, 9.17) is 28.4 Å². The molecule has 5 fully saturated rings. The highest BCUT2D eigenvalue weighted by atomic mass is 16.7. The minimum absolute atomic E-state index is 0.0772. The number of rotatable bonds is 7. The third kappa shape index (κ3) is 6.95. The molecule has 20 nitrogen and oxygen atoms in total. The summed E-state index contributed by atoms with van der Waals surface area (Å²) in [4.78, 5) is 40.3. The van der Waals surface area contributed by atoms with Gasteiger partial charge in [0.1, 0.15) is 72.9 Å². The van der Waals surface area contributed by atoms with Gasteiger partial charge in [0, 0.05) is 12.3 Å². The maximum Gasteiger partial charge on any atom is 0.338 e. The Balaban J connectivity index is 1.17. The molecule has 20 heteroatoms. The number of carbonyl (C=O) groups excluding carboxylic acids is 3. The van der Waals surface area contributed by atoms with Crippen molar-refractivity contribution in [3.63, 3.8) is 0 Å². The van der Waals surface area contributed by atoms with Crippen LogP contribution in [-0.2, 0) is 38.0 Å². The molecule has 11 N–H and O–H groups in total. The van der Waals surface area contributed by atoms with Gasteiger partial charge in [0.05, 0.1) is 30.8 Å². The van der Waals surface area contributed by atoms with Crippen molar-refractivity contribution < 1.29 is 99.0 Å². The molecule has 6 rings (SSSR count). The molecule has 5 aliphatic rings. The van der Waals surface area contributed by atoms with Gasteiger partial charge < -0.3 is 84.6 Å². The SMILES string of the molecule is C[C@@H]1CO[C@@]2(C[C@@H]1OC(=O)c1ccc(O)cc1)O[C@@H]1C[C@H](C(=O)O[C@@H]3[C@H](O)[C@H](O)[C@@H](O)[C@H](O)[C@H]3O[C@@H]3O[C@H](CO)[C@@H](O)[C@H](O)[C@H]3O)C[C@H](O)[C@]1(O)C2=O. The van der Waals surface area contributed by atoms with Gasteiger partial charge in [0.15, 0.2) is 18.0 Å². The van der Waals surface area contributed by atoms with Gasteiger partial charge >= 0.3 is 11.9 Å². The van der Waals surface area contributed by atoms with Crippen molar-refractivity contribution in [1.29, 1.82) is 0 Å². The topological polar surface area (TPSA) is 329 Å². The molecule has 0 aromatic heterocycles. The maximum absolute atomic E-state index is 13.8. The number of ketones is 1. The van der Waals surface area contributed by atoms with Crippen LogP contribution >= 0.6 is 0 Å². The first-order valence-corrected chi connectivity index (χ1v) is 17.1. The molecule has 3 heterocycles. The Morgan fingerprint density at radius 3 is 2.11 bits per heavy atom. The van der Waals surface area contributed by atoms with Crippen LogP contribution < -0.4 is 0 Å². The third-order valence-electron chi connectivity index (χ3n) is 10.9. The van der Waals surface area contributed by atoms with Gasteiger partial charge in [-0.1, -0.05) is 6.92 Å². The van der Waals surface area contributed by atoms with Crippen LogP contribution in [0.1, 0.15) is 36.5 Å². The fourth-order valence-electron chi connectivity index (χ4n) is 7.56. The molecule has 2 saturated carbocycles. The van der Waals surface area contributed by atoms with Crippen LogP contribution in [0, 0.1) is 11.8 Å². The lowest BCUT2D eigenvalue weighted by Gasteiger charge is -2.47. The van der Waals surface area contributed by atoms with Crippen molar-refractivity contribution in [2.75, 3.05) is 13.2 Å². The Morgan fingerprint density at radius 1 is 0.849 bits per heavy atom. The van der Waals surface area contributed by atoms with E-state index >= 15 is 0 Å². The average molecular weight is 761 g/mol. The Hall–Kier alpha value is -2.93. The molecule has 3 aliphatic heterocycles. The smallest absolute Gasteiger partial charge is 0.338 e. The summed E-state index contributed by atoms with van der Waals surface area (Å²) in [7, 11) is 0. The highest BCUT2D eigenvalue weighted by molar-refractivity contribution is 5.97. The van der Waals surface area contributed by atoms with E-state index in [0.717, 1.165) is 0 Å². The van der Waals surface area contributed by atoms with E-state index in [-0.39, 0.29) is 24.3 Å². The van der Waals surface area contributed by atoms with Gasteiger partial charge in [-0.25, -0.2) is 4.79 Å². The molecular formula is C33H44O20. The van der Waals surface area contributed by atoms with Crippen molar-refractivity contribution >= 4 is 17.7 Å². The predicted octanol–water partition coefficient (Wildman–Crippen LogP) is -5.31. The number of phenols is 1. The number of Topliss-reactive ketones (excluding diaryl/α,β-unsaturated/α-hetero) is 1. The summed E-state index contributed by atoms with van der Waals surface area (Å²) in [6, 6.07) is 5.24. The molecule has 0 radical (unpaired) electrons. The predicted molar refractivity (Wildman–Crippen MR) is 166 cm³/mol. The number of aliphatic hydroxyl groups is 10. The van der Waals surface area contributed by atoms with Gasteiger partial charge in [0.2, 0.25) is 11.6 Å². The summed E-state index contributed by atoms with van der Waals surface area (Å²) in [6.07, 6.45) is -27.5. The third-order valence-corrected chi connectivity index (χ3v) is 10.9. The average Bonchev–Trinajstić information content (AvgIpc) is 3.35. The first-order chi connectivity index (χ1) is 24.9. The Kier molecular flexibility index (Phi) is 11.2. The zero-order valence-electron chi connectivity index (χ0n) is 28.2. The number of carbonyl (C=O) groups is 3. The summed E-state index contributed by atoms with van der Waals surface area (Å²) in [5.41, 5.74) is -2.48. The number of ether oxygens (including phenoxy) is 6. The van der Waals surface area contributed by atoms with Crippen LogP contribution in [-0.4, -0.2) is 184 Å². The summed E-state index contributed by atoms with van der Waals surface area (Å²) in [5.74, 6) is -7.14. The molecule has 296 valence electrons. The molecule has 18 atom stereocenters. The van der Waals surface area contributed by atoms with Gasteiger partial charge in [0.25, 0.3) is 0 Å². The molecule has 0 unspecified atom stereocenters. The highest BCUT2D eigenvalue weighted by Gasteiger charge is 2.71. The zero-order chi connectivity index (χ0) is 38.7. The second kappa shape index (κ2) is 15.0. The summed E-state index contributed by atoms with van der Waals surface area (Å²) >= 11 is 0. The van der Waals surface area contributed by atoms with E-state index in [2.05, 4.69) is 0 Å². The number of aliphatic hydroxyl groups excluding tert-OH is 9. The molecular weight excluding hydrogens is 716 g/mol. The van der Waals surface area contributed by atoms with Crippen molar-refractivity contribution in [2.24, 2.45) is 11.8 Å². The quantitative estimate of drug-likeness (QED) is 0.116. The lowest BCUT2D eigenvalue weighted by Crippen LogP contribution is -2.68. The minimum Gasteiger partial charge on any atom is -0.508 e. The molecule has 0 bridgehead atoms. The van der Waals surface area contributed by atoms with Gasteiger partial charge in [-0.3, -0.25) is 9.59 Å². The largest absolute Gasteiger partial charge is 0.508 e. The summed E-state index contributed by atoms with van der Waals surface area (Å²) in [6.45, 7) is 0.666. The minimum atomic E-state index is -2.58. The van der Waals surface area contributed by atoms with Crippen LogP contribution in [0.2, 0.25) is 0 Å². The molecule has 1 aromatic rings. The Morgan fingerprint density at radius 2 is 1.47 bits per heavy atom.